The van der Waals surface area contributed by atoms with E-state index in [1.54, 1.807) is 12.4 Å². The number of hydrogen-bond donors (Lipinski definition) is 2. The van der Waals surface area contributed by atoms with Gasteiger partial charge in [-0.2, -0.15) is 0 Å². The van der Waals surface area contributed by atoms with Gasteiger partial charge in [0.25, 0.3) is 0 Å². The molecule has 0 unspecified atom stereocenters. The summed E-state index contributed by atoms with van der Waals surface area (Å²) < 4.78 is 5.49. The number of aliphatic imine (C=N–C) groups is 1. The lowest BCUT2D eigenvalue weighted by atomic mass is 10.5. The Bertz CT molecular complexity index is 319. The fourth-order valence-corrected chi connectivity index (χ4v) is 1.26. The third-order valence-electron chi connectivity index (χ3n) is 1.95. The second-order valence-electron chi connectivity index (χ2n) is 3.33. The first kappa shape index (κ1) is 13.3. The maximum atomic E-state index is 5.49. The Morgan fingerprint density at radius 1 is 1.35 bits per heavy atom. The van der Waals surface area contributed by atoms with Crippen LogP contribution in [0.3, 0.4) is 0 Å². The molecule has 5 nitrogen and oxygen atoms in total. The minimum Gasteiger partial charge on any atom is -0.490 e. The monoisotopic (exact) mass is 236 g/mol. The van der Waals surface area contributed by atoms with E-state index in [0.29, 0.717) is 13.2 Å². The highest BCUT2D eigenvalue weighted by Crippen LogP contribution is 2.05. The van der Waals surface area contributed by atoms with Crippen LogP contribution in [0.1, 0.15) is 13.8 Å². The first-order chi connectivity index (χ1) is 8.36. The summed E-state index contributed by atoms with van der Waals surface area (Å²) in [5, 5.41) is 6.31. The summed E-state index contributed by atoms with van der Waals surface area (Å²) in [7, 11) is 0. The molecular formula is C12H20N4O. The Hall–Kier alpha value is -1.78. The van der Waals surface area contributed by atoms with E-state index in [4.69, 9.17) is 4.74 Å². The molecule has 0 saturated heterocycles. The van der Waals surface area contributed by atoms with Gasteiger partial charge in [-0.3, -0.25) is 4.98 Å². The van der Waals surface area contributed by atoms with Crippen molar-refractivity contribution in [1.29, 1.82) is 0 Å². The van der Waals surface area contributed by atoms with Gasteiger partial charge in [-0.05, 0) is 26.0 Å². The van der Waals surface area contributed by atoms with E-state index >= 15 is 0 Å². The van der Waals surface area contributed by atoms with Crippen LogP contribution < -0.4 is 15.4 Å². The van der Waals surface area contributed by atoms with E-state index in [1.165, 1.54) is 0 Å². The molecule has 0 bridgehead atoms. The van der Waals surface area contributed by atoms with E-state index in [9.17, 15) is 0 Å². The number of ether oxygens (including phenoxy) is 1. The van der Waals surface area contributed by atoms with Crippen molar-refractivity contribution in [3.05, 3.63) is 24.5 Å². The Morgan fingerprint density at radius 3 is 2.71 bits per heavy atom. The Kier molecular flexibility index (Phi) is 6.55. The minimum absolute atomic E-state index is 0.548. The molecule has 0 aliphatic heterocycles. The molecule has 1 rings (SSSR count). The van der Waals surface area contributed by atoms with Gasteiger partial charge in [0.1, 0.15) is 12.4 Å². The molecule has 1 heterocycles. The number of hydrogen-bond acceptors (Lipinski definition) is 3. The zero-order valence-electron chi connectivity index (χ0n) is 10.4. The van der Waals surface area contributed by atoms with Crippen LogP contribution in [0.4, 0.5) is 0 Å². The summed E-state index contributed by atoms with van der Waals surface area (Å²) in [5.74, 6) is 1.60. The van der Waals surface area contributed by atoms with E-state index in [0.717, 1.165) is 24.8 Å². The summed E-state index contributed by atoms with van der Waals surface area (Å²) in [4.78, 5) is 8.34. The van der Waals surface area contributed by atoms with Crippen molar-refractivity contribution in [2.75, 3.05) is 26.2 Å². The van der Waals surface area contributed by atoms with Gasteiger partial charge in [0, 0.05) is 19.3 Å². The lowest BCUT2D eigenvalue weighted by molar-refractivity contribution is 0.327. The molecule has 94 valence electrons. The van der Waals surface area contributed by atoms with Crippen LogP contribution >= 0.6 is 0 Å². The van der Waals surface area contributed by atoms with Gasteiger partial charge in [-0.25, -0.2) is 4.99 Å². The third kappa shape index (κ3) is 5.75. The molecule has 0 radical (unpaired) electrons. The van der Waals surface area contributed by atoms with Gasteiger partial charge in [0.05, 0.1) is 12.7 Å². The zero-order valence-corrected chi connectivity index (χ0v) is 10.4. The summed E-state index contributed by atoms with van der Waals surface area (Å²) in [5.41, 5.74) is 0. The van der Waals surface area contributed by atoms with Crippen molar-refractivity contribution >= 4 is 5.96 Å². The zero-order chi connectivity index (χ0) is 12.3. The number of guanidine groups is 1. The predicted octanol–water partition coefficient (Wildman–Crippen LogP) is 1.04. The topological polar surface area (TPSA) is 58.5 Å². The van der Waals surface area contributed by atoms with Gasteiger partial charge in [0.15, 0.2) is 5.96 Å². The average molecular weight is 236 g/mol. The van der Waals surface area contributed by atoms with Crippen LogP contribution in [0, 0.1) is 0 Å². The Labute approximate surface area is 102 Å². The Morgan fingerprint density at radius 2 is 2.12 bits per heavy atom. The molecule has 1 aromatic heterocycles. The maximum Gasteiger partial charge on any atom is 0.191 e. The molecule has 5 heteroatoms. The Balaban J connectivity index is 2.27. The van der Waals surface area contributed by atoms with Crippen LogP contribution in [0.15, 0.2) is 29.5 Å². The average Bonchev–Trinajstić information content (AvgIpc) is 2.36. The van der Waals surface area contributed by atoms with E-state index in [2.05, 4.69) is 20.6 Å². The molecule has 0 saturated carbocycles. The van der Waals surface area contributed by atoms with Crippen molar-refractivity contribution < 1.29 is 4.74 Å². The quantitative estimate of drug-likeness (QED) is 0.440. The van der Waals surface area contributed by atoms with Gasteiger partial charge in [-0.1, -0.05) is 0 Å². The lowest BCUT2D eigenvalue weighted by Gasteiger charge is -2.09. The van der Waals surface area contributed by atoms with Crippen molar-refractivity contribution in [1.82, 2.24) is 15.6 Å². The number of aromatic nitrogens is 1. The van der Waals surface area contributed by atoms with E-state index in [1.807, 2.05) is 26.0 Å². The molecule has 0 aromatic carbocycles. The number of nitrogens with zero attached hydrogens (tertiary/aromatic N) is 2. The molecule has 0 aliphatic rings. The van der Waals surface area contributed by atoms with Gasteiger partial charge < -0.3 is 15.4 Å². The van der Waals surface area contributed by atoms with Gasteiger partial charge in [0.2, 0.25) is 0 Å². The fraction of sp³-hybridized carbons (Fsp3) is 0.500. The van der Waals surface area contributed by atoms with Gasteiger partial charge >= 0.3 is 0 Å². The molecular weight excluding hydrogens is 216 g/mol. The molecule has 0 amide bonds. The molecule has 17 heavy (non-hydrogen) atoms. The second-order valence-corrected chi connectivity index (χ2v) is 3.33. The smallest absolute Gasteiger partial charge is 0.191 e. The van der Waals surface area contributed by atoms with Crippen molar-refractivity contribution in [2.45, 2.75) is 13.8 Å². The summed E-state index contributed by atoms with van der Waals surface area (Å²) in [6.45, 7) is 6.96. The summed E-state index contributed by atoms with van der Waals surface area (Å²) in [6.07, 6.45) is 3.42. The molecule has 0 fully saturated rings. The van der Waals surface area contributed by atoms with Crippen LogP contribution in [0.5, 0.6) is 5.75 Å². The lowest BCUT2D eigenvalue weighted by Crippen LogP contribution is -2.37. The van der Waals surface area contributed by atoms with Crippen molar-refractivity contribution in [3.8, 4) is 5.75 Å². The van der Waals surface area contributed by atoms with E-state index in [-0.39, 0.29) is 0 Å². The third-order valence-corrected chi connectivity index (χ3v) is 1.95. The van der Waals surface area contributed by atoms with Gasteiger partial charge in [-0.15, -0.1) is 0 Å². The fourth-order valence-electron chi connectivity index (χ4n) is 1.26. The van der Waals surface area contributed by atoms with Crippen LogP contribution in [0.25, 0.3) is 0 Å². The van der Waals surface area contributed by atoms with Crippen molar-refractivity contribution in [3.63, 3.8) is 0 Å². The largest absolute Gasteiger partial charge is 0.490 e. The second kappa shape index (κ2) is 8.38. The van der Waals surface area contributed by atoms with Crippen LogP contribution in [0.2, 0.25) is 0 Å². The highest BCUT2D eigenvalue weighted by atomic mass is 16.5. The first-order valence-electron chi connectivity index (χ1n) is 5.91. The van der Waals surface area contributed by atoms with E-state index < -0.39 is 0 Å². The number of pyridine rings is 1. The van der Waals surface area contributed by atoms with Crippen LogP contribution in [-0.2, 0) is 0 Å². The molecule has 2 N–H and O–H groups in total. The summed E-state index contributed by atoms with van der Waals surface area (Å²) in [6, 6.07) is 3.73. The molecule has 0 aliphatic carbocycles. The minimum atomic E-state index is 0.548. The highest BCUT2D eigenvalue weighted by Gasteiger charge is 1.94. The first-order valence-corrected chi connectivity index (χ1v) is 5.91. The van der Waals surface area contributed by atoms with Crippen LogP contribution in [-0.4, -0.2) is 37.2 Å². The number of rotatable bonds is 6. The molecule has 0 atom stereocenters. The molecule has 1 aromatic rings. The highest BCUT2D eigenvalue weighted by molar-refractivity contribution is 5.79. The maximum absolute atomic E-state index is 5.49. The standard InChI is InChI=1S/C12H20N4O/c1-3-14-12(15-4-2)16-8-9-17-11-6-5-7-13-10-11/h5-7,10H,3-4,8-9H2,1-2H3,(H2,14,15,16). The molecule has 0 spiro atoms. The number of nitrogens with one attached hydrogen (secondary N) is 2. The SMILES string of the molecule is CCNC(=NCCOc1cccnc1)NCC. The predicted molar refractivity (Wildman–Crippen MR) is 69.4 cm³/mol. The van der Waals surface area contributed by atoms with Crippen molar-refractivity contribution in [2.24, 2.45) is 4.99 Å². The summed E-state index contributed by atoms with van der Waals surface area (Å²) >= 11 is 0. The normalized spacial score (nSPS) is 9.53.